The minimum atomic E-state index is -0.273. The molecule has 2 unspecified atom stereocenters. The molecular weight excluding hydrogens is 410 g/mol. The predicted octanol–water partition coefficient (Wildman–Crippen LogP) is 5.84. The number of benzene rings is 3. The molecule has 0 radical (unpaired) electrons. The van der Waals surface area contributed by atoms with Crippen LogP contribution in [0.15, 0.2) is 78.9 Å². The van der Waals surface area contributed by atoms with Crippen molar-refractivity contribution in [3.05, 3.63) is 95.6 Å². The van der Waals surface area contributed by atoms with E-state index in [0.29, 0.717) is 19.6 Å². The van der Waals surface area contributed by atoms with Crippen LogP contribution in [0.25, 0.3) is 0 Å². The first-order valence-electron chi connectivity index (χ1n) is 12.2. The first-order chi connectivity index (χ1) is 16.3. The highest BCUT2D eigenvalue weighted by atomic mass is 16.5. The monoisotopic (exact) mass is 445 g/mol. The maximum atomic E-state index is 10.1. The van der Waals surface area contributed by atoms with Gasteiger partial charge < -0.3 is 19.9 Å². The fourth-order valence-electron chi connectivity index (χ4n) is 4.33. The Kier molecular flexibility index (Phi) is 8.79. The smallest absolute Gasteiger partial charge is 0.128 e. The number of aryl methyl sites for hydroxylation is 1. The van der Waals surface area contributed by atoms with Crippen LogP contribution in [-0.2, 0) is 13.0 Å². The van der Waals surface area contributed by atoms with Crippen LogP contribution in [0, 0.1) is 0 Å². The summed E-state index contributed by atoms with van der Waals surface area (Å²) in [6.45, 7) is 2.02. The third-order valence-electron chi connectivity index (χ3n) is 6.20. The van der Waals surface area contributed by atoms with Crippen molar-refractivity contribution in [2.75, 3.05) is 13.2 Å². The van der Waals surface area contributed by atoms with Gasteiger partial charge in [-0.25, -0.2) is 0 Å². The highest BCUT2D eigenvalue weighted by Gasteiger charge is 2.24. The molecule has 33 heavy (non-hydrogen) atoms. The van der Waals surface area contributed by atoms with E-state index in [2.05, 4.69) is 53.8 Å². The standard InChI is InChI=1S/C29H35NO3/c31-25-17-18-30-28(20-25)27-16-15-26(21-29(27)33-22-24-13-6-2-7-14-24)32-19-9-3-8-12-23-10-4-1-5-11-23/h1-2,4-7,10-11,13-16,21,25,28,30-31H,3,8-9,12,17-20,22H2. The normalized spacial score (nSPS) is 18.1. The fourth-order valence-corrected chi connectivity index (χ4v) is 4.33. The Morgan fingerprint density at radius 3 is 2.33 bits per heavy atom. The van der Waals surface area contributed by atoms with Crippen molar-refractivity contribution in [2.45, 2.75) is 57.3 Å². The van der Waals surface area contributed by atoms with Gasteiger partial charge in [-0.2, -0.15) is 0 Å². The van der Waals surface area contributed by atoms with Crippen LogP contribution in [0.4, 0.5) is 0 Å². The number of hydrogen-bond donors (Lipinski definition) is 2. The average Bonchev–Trinajstić information content (AvgIpc) is 2.86. The van der Waals surface area contributed by atoms with Crippen LogP contribution in [0.1, 0.15) is 54.8 Å². The van der Waals surface area contributed by atoms with E-state index in [1.54, 1.807) is 0 Å². The van der Waals surface area contributed by atoms with E-state index in [-0.39, 0.29) is 12.1 Å². The van der Waals surface area contributed by atoms with Crippen LogP contribution in [0.2, 0.25) is 0 Å². The number of aliphatic hydroxyl groups excluding tert-OH is 1. The summed E-state index contributed by atoms with van der Waals surface area (Å²) in [4.78, 5) is 0. The third kappa shape index (κ3) is 7.34. The molecule has 0 saturated carbocycles. The van der Waals surface area contributed by atoms with E-state index in [0.717, 1.165) is 54.9 Å². The van der Waals surface area contributed by atoms with E-state index in [1.807, 2.05) is 30.3 Å². The Balaban J connectivity index is 1.33. The molecule has 0 amide bonds. The average molecular weight is 446 g/mol. The molecule has 4 heteroatoms. The van der Waals surface area contributed by atoms with Crippen molar-refractivity contribution in [2.24, 2.45) is 0 Å². The largest absolute Gasteiger partial charge is 0.493 e. The van der Waals surface area contributed by atoms with E-state index < -0.39 is 0 Å². The van der Waals surface area contributed by atoms with Crippen molar-refractivity contribution >= 4 is 0 Å². The molecule has 1 heterocycles. The Bertz CT molecular complexity index is 961. The topological polar surface area (TPSA) is 50.7 Å². The van der Waals surface area contributed by atoms with Gasteiger partial charge in [-0.3, -0.25) is 0 Å². The second-order valence-corrected chi connectivity index (χ2v) is 8.80. The van der Waals surface area contributed by atoms with E-state index in [9.17, 15) is 5.11 Å². The van der Waals surface area contributed by atoms with Crippen molar-refractivity contribution < 1.29 is 14.6 Å². The number of nitrogens with one attached hydrogen (secondary N) is 1. The molecule has 174 valence electrons. The highest BCUT2D eigenvalue weighted by molar-refractivity contribution is 5.43. The summed E-state index contributed by atoms with van der Waals surface area (Å²) in [5.41, 5.74) is 3.61. The highest BCUT2D eigenvalue weighted by Crippen LogP contribution is 2.34. The van der Waals surface area contributed by atoms with Crippen LogP contribution >= 0.6 is 0 Å². The molecule has 1 fully saturated rings. The number of aliphatic hydroxyl groups is 1. The molecule has 0 aromatic heterocycles. The van der Waals surface area contributed by atoms with Gasteiger partial charge >= 0.3 is 0 Å². The SMILES string of the molecule is OC1CCNC(c2ccc(OCCCCCc3ccccc3)cc2OCc2ccccc2)C1. The Hall–Kier alpha value is -2.82. The second-order valence-electron chi connectivity index (χ2n) is 8.80. The van der Waals surface area contributed by atoms with Gasteiger partial charge in [0.15, 0.2) is 0 Å². The van der Waals surface area contributed by atoms with Crippen LogP contribution < -0.4 is 14.8 Å². The summed E-state index contributed by atoms with van der Waals surface area (Å²) in [5.74, 6) is 1.66. The molecule has 1 saturated heterocycles. The van der Waals surface area contributed by atoms with Gasteiger partial charge in [0.25, 0.3) is 0 Å². The number of ether oxygens (including phenoxy) is 2. The summed E-state index contributed by atoms with van der Waals surface area (Å²) in [6.07, 6.45) is 5.69. The quantitative estimate of drug-likeness (QED) is 0.364. The van der Waals surface area contributed by atoms with Crippen molar-refractivity contribution in [1.82, 2.24) is 5.32 Å². The third-order valence-corrected chi connectivity index (χ3v) is 6.20. The molecule has 3 aromatic carbocycles. The number of unbranched alkanes of at least 4 members (excludes halogenated alkanes) is 2. The zero-order valence-corrected chi connectivity index (χ0v) is 19.3. The second kappa shape index (κ2) is 12.4. The molecule has 0 aliphatic carbocycles. The van der Waals surface area contributed by atoms with Crippen molar-refractivity contribution in [1.29, 1.82) is 0 Å². The van der Waals surface area contributed by atoms with Crippen LogP contribution in [0.5, 0.6) is 11.5 Å². The van der Waals surface area contributed by atoms with Gasteiger partial charge in [0.2, 0.25) is 0 Å². The molecule has 4 nitrogen and oxygen atoms in total. The number of rotatable bonds is 11. The Labute approximate surface area is 197 Å². The Morgan fingerprint density at radius 2 is 1.58 bits per heavy atom. The van der Waals surface area contributed by atoms with E-state index in [4.69, 9.17) is 9.47 Å². The first kappa shape index (κ1) is 23.3. The molecule has 1 aliphatic heterocycles. The lowest BCUT2D eigenvalue weighted by Gasteiger charge is -2.29. The lowest BCUT2D eigenvalue weighted by atomic mass is 9.95. The fraction of sp³-hybridized carbons (Fsp3) is 0.379. The van der Waals surface area contributed by atoms with Crippen LogP contribution in [0.3, 0.4) is 0 Å². The van der Waals surface area contributed by atoms with E-state index in [1.165, 1.54) is 12.0 Å². The molecule has 1 aliphatic rings. The molecule has 2 atom stereocenters. The van der Waals surface area contributed by atoms with Crippen molar-refractivity contribution in [3.8, 4) is 11.5 Å². The minimum Gasteiger partial charge on any atom is -0.493 e. The van der Waals surface area contributed by atoms with E-state index >= 15 is 0 Å². The molecule has 4 rings (SSSR count). The molecule has 0 bridgehead atoms. The maximum Gasteiger partial charge on any atom is 0.128 e. The lowest BCUT2D eigenvalue weighted by molar-refractivity contribution is 0.115. The summed E-state index contributed by atoms with van der Waals surface area (Å²) in [5, 5.41) is 13.7. The minimum absolute atomic E-state index is 0.0894. The van der Waals surface area contributed by atoms with Gasteiger partial charge in [0.1, 0.15) is 18.1 Å². The van der Waals surface area contributed by atoms with Gasteiger partial charge in [0, 0.05) is 17.7 Å². The molecule has 2 N–H and O–H groups in total. The van der Waals surface area contributed by atoms with Gasteiger partial charge in [-0.15, -0.1) is 0 Å². The molecular formula is C29H35NO3. The molecule has 0 spiro atoms. The van der Waals surface area contributed by atoms with Gasteiger partial charge in [0.05, 0.1) is 12.7 Å². The maximum absolute atomic E-state index is 10.1. The summed E-state index contributed by atoms with van der Waals surface area (Å²) in [7, 11) is 0. The summed E-state index contributed by atoms with van der Waals surface area (Å²) in [6, 6.07) is 27.0. The van der Waals surface area contributed by atoms with Gasteiger partial charge in [-0.05, 0) is 62.3 Å². The predicted molar refractivity (Wildman–Crippen MR) is 133 cm³/mol. The van der Waals surface area contributed by atoms with Gasteiger partial charge in [-0.1, -0.05) is 66.7 Å². The Morgan fingerprint density at radius 1 is 0.818 bits per heavy atom. The van der Waals surface area contributed by atoms with Crippen LogP contribution in [-0.4, -0.2) is 24.4 Å². The summed E-state index contributed by atoms with van der Waals surface area (Å²) >= 11 is 0. The lowest BCUT2D eigenvalue weighted by Crippen LogP contribution is -2.34. The molecule has 3 aromatic rings. The number of piperidine rings is 1. The first-order valence-corrected chi connectivity index (χ1v) is 12.2. The number of hydrogen-bond acceptors (Lipinski definition) is 4. The van der Waals surface area contributed by atoms with Crippen molar-refractivity contribution in [3.63, 3.8) is 0 Å². The zero-order chi connectivity index (χ0) is 22.7. The zero-order valence-electron chi connectivity index (χ0n) is 19.3. The summed E-state index contributed by atoms with van der Waals surface area (Å²) < 4.78 is 12.3.